The fraction of sp³-hybridized carbons (Fsp3) is 0.333. The van der Waals surface area contributed by atoms with Gasteiger partial charge in [0.15, 0.2) is 0 Å². The van der Waals surface area contributed by atoms with E-state index in [2.05, 4.69) is 0 Å². The van der Waals surface area contributed by atoms with Crippen LogP contribution in [0, 0.1) is 0 Å². The largest absolute Gasteiger partial charge is 0.496 e. The van der Waals surface area contributed by atoms with Gasteiger partial charge in [-0.25, -0.2) is 0 Å². The number of hydrogen-bond acceptors (Lipinski definition) is 3. The zero-order valence-electron chi connectivity index (χ0n) is 14.8. The molecule has 26 heavy (non-hydrogen) atoms. The van der Waals surface area contributed by atoms with Crippen molar-refractivity contribution in [3.8, 4) is 5.75 Å². The molecule has 2 aromatic rings. The first-order valence-corrected chi connectivity index (χ1v) is 8.11. The van der Waals surface area contributed by atoms with E-state index in [1.807, 2.05) is 0 Å². The number of carbonyl (C=O) groups excluding carboxylic acids is 1. The predicted molar refractivity (Wildman–Crippen MR) is 98.5 cm³/mol. The molecule has 0 aliphatic rings. The average molecular weight is 384 g/mol. The topological polar surface area (TPSA) is 32.8 Å². The predicted octanol–water partition coefficient (Wildman–Crippen LogP) is 3.56. The Morgan fingerprint density at radius 2 is 1.77 bits per heavy atom. The zero-order chi connectivity index (χ0) is 19.6. The number of thiocarbonyl (C=S) groups is 1. The summed E-state index contributed by atoms with van der Waals surface area (Å²) in [5.41, 5.74) is -0.381. The van der Waals surface area contributed by atoms with Crippen LogP contribution in [0.1, 0.15) is 11.1 Å². The van der Waals surface area contributed by atoms with Crippen molar-refractivity contribution in [2.75, 3.05) is 34.8 Å². The normalized spacial score (nSPS) is 11.3. The Hall–Kier alpha value is -2.35. The van der Waals surface area contributed by atoms with Crippen LogP contribution in [0.25, 0.3) is 10.8 Å². The van der Waals surface area contributed by atoms with E-state index in [0.29, 0.717) is 15.9 Å². The summed E-state index contributed by atoms with van der Waals surface area (Å²) in [7, 11) is 6.08. The number of methoxy groups -OCH3 is 1. The summed E-state index contributed by atoms with van der Waals surface area (Å²) in [6, 6.07) is 7.38. The van der Waals surface area contributed by atoms with Crippen LogP contribution in [0.2, 0.25) is 0 Å². The molecule has 0 heterocycles. The lowest BCUT2D eigenvalue weighted by molar-refractivity contribution is -0.137. The Balaban J connectivity index is 2.56. The summed E-state index contributed by atoms with van der Waals surface area (Å²) >= 11 is 5.42. The van der Waals surface area contributed by atoms with Gasteiger partial charge in [-0.1, -0.05) is 30.4 Å². The average Bonchev–Trinajstić information content (AvgIpc) is 2.58. The first-order valence-electron chi connectivity index (χ1n) is 7.70. The highest BCUT2D eigenvalue weighted by Crippen LogP contribution is 2.41. The Kier molecular flexibility index (Phi) is 5.75. The van der Waals surface area contributed by atoms with Crippen molar-refractivity contribution in [2.24, 2.45) is 0 Å². The van der Waals surface area contributed by atoms with Gasteiger partial charge in [0, 0.05) is 26.7 Å². The highest BCUT2D eigenvalue weighted by atomic mass is 32.1. The molecule has 4 nitrogen and oxygen atoms in total. The third kappa shape index (κ3) is 3.90. The van der Waals surface area contributed by atoms with E-state index in [4.69, 9.17) is 17.0 Å². The fourth-order valence-electron chi connectivity index (χ4n) is 2.61. The van der Waals surface area contributed by atoms with E-state index >= 15 is 0 Å². The smallest absolute Gasteiger partial charge is 0.420 e. The van der Waals surface area contributed by atoms with Crippen molar-refractivity contribution < 1.29 is 22.7 Å². The zero-order valence-corrected chi connectivity index (χ0v) is 15.7. The van der Waals surface area contributed by atoms with E-state index in [9.17, 15) is 18.0 Å². The van der Waals surface area contributed by atoms with Gasteiger partial charge in [-0.2, -0.15) is 13.2 Å². The van der Waals surface area contributed by atoms with Gasteiger partial charge in [-0.05, 0) is 22.9 Å². The Morgan fingerprint density at radius 3 is 2.31 bits per heavy atom. The van der Waals surface area contributed by atoms with E-state index in [-0.39, 0.29) is 23.6 Å². The standard InChI is InChI=1S/C18H19F3N2O2S/c1-22(2)15(24)10-23(3)17(26)13-7-5-6-12-11(13)8-9-14(25-4)16(12)18(19,20)21/h5-9H,10H2,1-4H3. The highest BCUT2D eigenvalue weighted by molar-refractivity contribution is 7.80. The third-order valence-electron chi connectivity index (χ3n) is 3.97. The van der Waals surface area contributed by atoms with Crippen molar-refractivity contribution in [1.29, 1.82) is 0 Å². The van der Waals surface area contributed by atoms with Crippen LogP contribution in [0.15, 0.2) is 30.3 Å². The minimum Gasteiger partial charge on any atom is -0.496 e. The molecule has 1 amide bonds. The van der Waals surface area contributed by atoms with E-state index in [1.54, 1.807) is 38.2 Å². The molecule has 0 aliphatic carbocycles. The van der Waals surface area contributed by atoms with Gasteiger partial charge >= 0.3 is 6.18 Å². The van der Waals surface area contributed by atoms with Crippen LogP contribution < -0.4 is 4.74 Å². The maximum absolute atomic E-state index is 13.5. The molecule has 0 bridgehead atoms. The molecular formula is C18H19F3N2O2S. The summed E-state index contributed by atoms with van der Waals surface area (Å²) in [5, 5.41) is 0.360. The number of hydrogen-bond donors (Lipinski definition) is 0. The summed E-state index contributed by atoms with van der Waals surface area (Å²) in [4.78, 5) is 15.1. The van der Waals surface area contributed by atoms with Crippen LogP contribution >= 0.6 is 12.2 Å². The molecule has 0 saturated heterocycles. The lowest BCUT2D eigenvalue weighted by Gasteiger charge is -2.23. The van der Waals surface area contributed by atoms with Crippen molar-refractivity contribution in [2.45, 2.75) is 6.18 Å². The fourth-order valence-corrected chi connectivity index (χ4v) is 2.85. The van der Waals surface area contributed by atoms with Crippen LogP contribution in [0.4, 0.5) is 13.2 Å². The molecule has 0 unspecified atom stereocenters. The molecule has 0 spiro atoms. The molecular weight excluding hydrogens is 365 g/mol. The third-order valence-corrected chi connectivity index (χ3v) is 4.51. The number of benzene rings is 2. The maximum atomic E-state index is 13.5. The molecule has 140 valence electrons. The number of likely N-dealkylation sites (N-methyl/N-ethyl adjacent to an activating group) is 2. The molecule has 0 N–H and O–H groups in total. The quantitative estimate of drug-likeness (QED) is 0.755. The van der Waals surface area contributed by atoms with Gasteiger partial charge in [0.05, 0.1) is 13.7 Å². The maximum Gasteiger partial charge on any atom is 0.420 e. The summed E-state index contributed by atoms with van der Waals surface area (Å²) < 4.78 is 45.5. The van der Waals surface area contributed by atoms with Crippen LogP contribution in [0.5, 0.6) is 5.75 Å². The monoisotopic (exact) mass is 384 g/mol. The van der Waals surface area contributed by atoms with E-state index in [1.165, 1.54) is 30.2 Å². The number of carbonyl (C=O) groups is 1. The van der Waals surface area contributed by atoms with Crippen LogP contribution in [-0.2, 0) is 11.0 Å². The van der Waals surface area contributed by atoms with Gasteiger partial charge in [0.2, 0.25) is 5.91 Å². The van der Waals surface area contributed by atoms with E-state index < -0.39 is 11.7 Å². The molecule has 0 radical (unpaired) electrons. The van der Waals surface area contributed by atoms with Gasteiger partial charge < -0.3 is 14.5 Å². The Bertz CT molecular complexity index is 850. The summed E-state index contributed by atoms with van der Waals surface area (Å²) in [5.74, 6) is -0.406. The van der Waals surface area contributed by atoms with Crippen molar-refractivity contribution in [3.05, 3.63) is 41.5 Å². The number of amides is 1. The molecule has 0 aliphatic heterocycles. The molecule has 0 saturated carbocycles. The second-order valence-corrected chi connectivity index (χ2v) is 6.38. The van der Waals surface area contributed by atoms with Gasteiger partial charge in [0.25, 0.3) is 0 Å². The second kappa shape index (κ2) is 7.49. The minimum atomic E-state index is -4.57. The number of ether oxygens (including phenoxy) is 1. The molecule has 8 heteroatoms. The minimum absolute atomic E-state index is 0.00374. The number of alkyl halides is 3. The van der Waals surface area contributed by atoms with Gasteiger partial charge in [-0.3, -0.25) is 4.79 Å². The molecule has 0 atom stereocenters. The summed E-state index contributed by atoms with van der Waals surface area (Å²) in [6.07, 6.45) is -4.57. The lowest BCUT2D eigenvalue weighted by Crippen LogP contribution is -2.37. The molecule has 0 aromatic heterocycles. The number of halogens is 3. The van der Waals surface area contributed by atoms with Crippen molar-refractivity contribution in [1.82, 2.24) is 9.80 Å². The van der Waals surface area contributed by atoms with Gasteiger partial charge in [-0.15, -0.1) is 0 Å². The second-order valence-electron chi connectivity index (χ2n) is 5.99. The SMILES string of the molecule is COc1ccc2c(C(=S)N(C)CC(=O)N(C)C)cccc2c1C(F)(F)F. The molecule has 2 rings (SSSR count). The number of fused-ring (bicyclic) bond motifs is 1. The summed E-state index contributed by atoms with van der Waals surface area (Å²) in [6.45, 7) is 0.0322. The van der Waals surface area contributed by atoms with E-state index in [0.717, 1.165) is 0 Å². The Morgan fingerprint density at radius 1 is 1.12 bits per heavy atom. The highest BCUT2D eigenvalue weighted by Gasteiger charge is 2.36. The first-order chi connectivity index (χ1) is 12.1. The van der Waals surface area contributed by atoms with Crippen LogP contribution in [0.3, 0.4) is 0 Å². The number of rotatable bonds is 4. The van der Waals surface area contributed by atoms with Crippen LogP contribution in [-0.4, -0.2) is 55.5 Å². The first kappa shape index (κ1) is 20.0. The Labute approximate surface area is 155 Å². The van der Waals surface area contributed by atoms with Crippen molar-refractivity contribution >= 4 is 33.9 Å². The molecule has 2 aromatic carbocycles. The lowest BCUT2D eigenvalue weighted by atomic mass is 9.98. The number of nitrogens with zero attached hydrogens (tertiary/aromatic N) is 2. The molecule has 0 fully saturated rings. The van der Waals surface area contributed by atoms with Crippen molar-refractivity contribution in [3.63, 3.8) is 0 Å². The van der Waals surface area contributed by atoms with Gasteiger partial charge in [0.1, 0.15) is 16.3 Å².